The number of hydrogen-bond donors (Lipinski definition) is 0. The van der Waals surface area contributed by atoms with Crippen molar-refractivity contribution in [3.8, 4) is 16.3 Å². The molecule has 6 heteroatoms. The van der Waals surface area contributed by atoms with Crippen molar-refractivity contribution < 1.29 is 14.3 Å². The van der Waals surface area contributed by atoms with Crippen molar-refractivity contribution in [1.82, 2.24) is 9.55 Å². The first-order valence-corrected chi connectivity index (χ1v) is 12.9. The van der Waals surface area contributed by atoms with Crippen molar-refractivity contribution in [2.45, 2.75) is 26.3 Å². The van der Waals surface area contributed by atoms with Gasteiger partial charge in [0.1, 0.15) is 16.5 Å². The lowest BCUT2D eigenvalue weighted by Gasteiger charge is -2.13. The number of ether oxygens (including phenoxy) is 2. The number of aromatic nitrogens is 2. The first kappa shape index (κ1) is 21.9. The van der Waals surface area contributed by atoms with Crippen LogP contribution in [0.15, 0.2) is 72.8 Å². The molecule has 35 heavy (non-hydrogen) atoms. The summed E-state index contributed by atoms with van der Waals surface area (Å²) in [6.45, 7) is 3.44. The lowest BCUT2D eigenvalue weighted by molar-refractivity contribution is 0.0516. The van der Waals surface area contributed by atoms with Gasteiger partial charge in [0.25, 0.3) is 0 Å². The van der Waals surface area contributed by atoms with Crippen LogP contribution in [0.4, 0.5) is 0 Å². The molecule has 2 heterocycles. The van der Waals surface area contributed by atoms with Gasteiger partial charge in [-0.25, -0.2) is 9.78 Å². The third-order valence-electron chi connectivity index (χ3n) is 6.37. The Balaban J connectivity index is 1.49. The Morgan fingerprint density at radius 3 is 2.71 bits per heavy atom. The van der Waals surface area contributed by atoms with Crippen LogP contribution in [0.1, 0.15) is 35.8 Å². The second-order valence-electron chi connectivity index (χ2n) is 8.94. The highest BCUT2D eigenvalue weighted by Crippen LogP contribution is 2.40. The van der Waals surface area contributed by atoms with Crippen LogP contribution in [-0.2, 0) is 11.3 Å². The standard InChI is InChI=1S/C29H26N2O3S/c1-2-33-29(32)27-26(28-30-23-11-4-6-13-25(23)35-28)22-10-3-5-12-24(22)31(27)17-20-8-7-9-21(16-20)34-18-19-14-15-19/h3-13,16,19H,2,14-15,17-18H2,1H3. The zero-order valence-corrected chi connectivity index (χ0v) is 20.4. The predicted octanol–water partition coefficient (Wildman–Crippen LogP) is 6.93. The summed E-state index contributed by atoms with van der Waals surface area (Å²) in [7, 11) is 0. The second-order valence-corrected chi connectivity index (χ2v) is 9.97. The number of rotatable bonds is 8. The summed E-state index contributed by atoms with van der Waals surface area (Å²) in [6.07, 6.45) is 2.51. The van der Waals surface area contributed by atoms with E-state index in [-0.39, 0.29) is 5.97 Å². The highest BCUT2D eigenvalue weighted by Gasteiger charge is 2.27. The molecule has 0 atom stereocenters. The molecule has 5 nitrogen and oxygen atoms in total. The number of thiazole rings is 1. The van der Waals surface area contributed by atoms with Crippen molar-refractivity contribution in [2.24, 2.45) is 5.92 Å². The van der Waals surface area contributed by atoms with Gasteiger partial charge in [-0.2, -0.15) is 0 Å². The van der Waals surface area contributed by atoms with Crippen LogP contribution in [0.3, 0.4) is 0 Å². The van der Waals surface area contributed by atoms with Gasteiger partial charge in [0.05, 0.1) is 29.0 Å². The molecule has 5 aromatic rings. The molecule has 6 rings (SSSR count). The molecule has 3 aromatic carbocycles. The first-order chi connectivity index (χ1) is 17.2. The molecule has 1 saturated carbocycles. The third kappa shape index (κ3) is 4.30. The highest BCUT2D eigenvalue weighted by molar-refractivity contribution is 7.21. The van der Waals surface area contributed by atoms with E-state index in [4.69, 9.17) is 14.5 Å². The minimum atomic E-state index is -0.334. The molecule has 1 aliphatic carbocycles. The van der Waals surface area contributed by atoms with Gasteiger partial charge in [0.2, 0.25) is 0 Å². The fourth-order valence-electron chi connectivity index (χ4n) is 4.49. The number of fused-ring (bicyclic) bond motifs is 2. The maximum absolute atomic E-state index is 13.4. The van der Waals surface area contributed by atoms with Gasteiger partial charge in [0.15, 0.2) is 0 Å². The van der Waals surface area contributed by atoms with Crippen molar-refractivity contribution in [1.29, 1.82) is 0 Å². The average molecular weight is 483 g/mol. The summed E-state index contributed by atoms with van der Waals surface area (Å²) < 4.78 is 14.7. The molecular weight excluding hydrogens is 456 g/mol. The number of para-hydroxylation sites is 2. The second kappa shape index (κ2) is 9.19. The summed E-state index contributed by atoms with van der Waals surface area (Å²) in [5.74, 6) is 1.23. The van der Waals surface area contributed by atoms with Crippen molar-refractivity contribution in [3.63, 3.8) is 0 Å². The number of nitrogens with zero attached hydrogens (tertiary/aromatic N) is 2. The van der Waals surface area contributed by atoms with Gasteiger partial charge >= 0.3 is 5.97 Å². The van der Waals surface area contributed by atoms with Crippen LogP contribution < -0.4 is 4.74 Å². The zero-order valence-electron chi connectivity index (χ0n) is 19.6. The number of carbonyl (C=O) groups is 1. The van der Waals surface area contributed by atoms with E-state index < -0.39 is 0 Å². The van der Waals surface area contributed by atoms with Gasteiger partial charge in [0, 0.05) is 17.4 Å². The molecule has 1 fully saturated rings. The molecule has 0 aliphatic heterocycles. The molecule has 176 valence electrons. The summed E-state index contributed by atoms with van der Waals surface area (Å²) in [5.41, 5.74) is 4.35. The minimum Gasteiger partial charge on any atom is -0.493 e. The SMILES string of the molecule is CCOC(=O)c1c(-c2nc3ccccc3s2)c2ccccc2n1Cc1cccc(OCC2CC2)c1. The Morgan fingerprint density at radius 2 is 1.89 bits per heavy atom. The van der Waals surface area contributed by atoms with Gasteiger partial charge < -0.3 is 14.0 Å². The minimum absolute atomic E-state index is 0.310. The van der Waals surface area contributed by atoms with Gasteiger partial charge in [-0.3, -0.25) is 0 Å². The number of hydrogen-bond acceptors (Lipinski definition) is 5. The van der Waals surface area contributed by atoms with E-state index in [2.05, 4.69) is 34.9 Å². The Morgan fingerprint density at radius 1 is 1.06 bits per heavy atom. The van der Waals surface area contributed by atoms with Crippen LogP contribution in [-0.4, -0.2) is 28.7 Å². The number of carbonyl (C=O) groups excluding carboxylic acids is 1. The lowest BCUT2D eigenvalue weighted by Crippen LogP contribution is -2.14. The molecule has 0 N–H and O–H groups in total. The molecule has 1 aliphatic rings. The lowest BCUT2D eigenvalue weighted by atomic mass is 10.1. The monoisotopic (exact) mass is 482 g/mol. The van der Waals surface area contributed by atoms with Crippen LogP contribution in [0, 0.1) is 5.92 Å². The van der Waals surface area contributed by atoms with Crippen LogP contribution in [0.5, 0.6) is 5.75 Å². The highest BCUT2D eigenvalue weighted by atomic mass is 32.1. The molecule has 0 unspecified atom stereocenters. The van der Waals surface area contributed by atoms with Crippen molar-refractivity contribution >= 4 is 38.4 Å². The van der Waals surface area contributed by atoms with Crippen LogP contribution in [0.2, 0.25) is 0 Å². The smallest absolute Gasteiger partial charge is 0.355 e. The van der Waals surface area contributed by atoms with Gasteiger partial charge in [-0.15, -0.1) is 11.3 Å². The quantitative estimate of drug-likeness (QED) is 0.225. The Bertz CT molecular complexity index is 1500. The van der Waals surface area contributed by atoms with Crippen molar-refractivity contribution in [2.75, 3.05) is 13.2 Å². The molecule has 0 bridgehead atoms. The first-order valence-electron chi connectivity index (χ1n) is 12.1. The Labute approximate surface area is 207 Å². The number of esters is 1. The van der Waals surface area contributed by atoms with E-state index in [1.54, 1.807) is 11.3 Å². The fraction of sp³-hybridized carbons (Fsp3) is 0.241. The number of benzene rings is 3. The van der Waals surface area contributed by atoms with Crippen molar-refractivity contribution in [3.05, 3.63) is 84.1 Å². The summed E-state index contributed by atoms with van der Waals surface area (Å²) in [5, 5.41) is 1.82. The van der Waals surface area contributed by atoms with Crippen LogP contribution >= 0.6 is 11.3 Å². The largest absolute Gasteiger partial charge is 0.493 e. The maximum Gasteiger partial charge on any atom is 0.355 e. The maximum atomic E-state index is 13.4. The summed E-state index contributed by atoms with van der Waals surface area (Å²) in [6, 6.07) is 24.4. The summed E-state index contributed by atoms with van der Waals surface area (Å²) in [4.78, 5) is 18.3. The normalized spacial score (nSPS) is 13.4. The Hall–Kier alpha value is -3.64. The van der Waals surface area contributed by atoms with E-state index in [0.717, 1.165) is 49.6 Å². The van der Waals surface area contributed by atoms with Gasteiger partial charge in [-0.1, -0.05) is 42.5 Å². The zero-order chi connectivity index (χ0) is 23.8. The van der Waals surface area contributed by atoms with E-state index in [0.29, 0.717) is 24.8 Å². The average Bonchev–Trinajstić information content (AvgIpc) is 3.52. The molecule has 0 saturated heterocycles. The topological polar surface area (TPSA) is 53.3 Å². The third-order valence-corrected chi connectivity index (χ3v) is 7.42. The van der Waals surface area contributed by atoms with Gasteiger partial charge in [-0.05, 0) is 61.6 Å². The summed E-state index contributed by atoms with van der Waals surface area (Å²) >= 11 is 1.60. The molecule has 0 amide bonds. The van der Waals surface area contributed by atoms with E-state index in [1.807, 2.05) is 49.4 Å². The van der Waals surface area contributed by atoms with E-state index in [9.17, 15) is 4.79 Å². The molecule has 0 radical (unpaired) electrons. The molecule has 0 spiro atoms. The molecule has 2 aromatic heterocycles. The Kier molecular flexibility index (Phi) is 5.74. The van der Waals surface area contributed by atoms with E-state index >= 15 is 0 Å². The predicted molar refractivity (Wildman–Crippen MR) is 140 cm³/mol. The fourth-order valence-corrected chi connectivity index (χ4v) is 5.52. The van der Waals surface area contributed by atoms with E-state index in [1.165, 1.54) is 12.8 Å². The van der Waals surface area contributed by atoms with Crippen LogP contribution in [0.25, 0.3) is 31.7 Å². The molecular formula is C29H26N2O3S.